The molecular weight excluding hydrogens is 230 g/mol. The fourth-order valence-electron chi connectivity index (χ4n) is 1.47. The number of methoxy groups -OCH3 is 1. The van der Waals surface area contributed by atoms with Gasteiger partial charge in [-0.05, 0) is 13.3 Å². The molecule has 0 aliphatic rings. The summed E-state index contributed by atoms with van der Waals surface area (Å²) in [5.41, 5.74) is -0.287. The number of hydrogen-bond donors (Lipinski definition) is 1. The van der Waals surface area contributed by atoms with Gasteiger partial charge < -0.3 is 10.1 Å². The van der Waals surface area contributed by atoms with E-state index in [2.05, 4.69) is 5.32 Å². The lowest BCUT2D eigenvalue weighted by Crippen LogP contribution is -2.47. The van der Waals surface area contributed by atoms with E-state index < -0.39 is 5.60 Å². The Morgan fingerprint density at radius 2 is 1.89 bits per heavy atom. The second kappa shape index (κ2) is 6.31. The molecule has 0 aliphatic carbocycles. The summed E-state index contributed by atoms with van der Waals surface area (Å²) in [5.74, 6) is -0.379. The SMILES string of the molecule is CCC(C)(OC)C(=O)NCC(=O)c1ccccc1. The van der Waals surface area contributed by atoms with Crippen LogP contribution in [-0.2, 0) is 9.53 Å². The Morgan fingerprint density at radius 1 is 1.28 bits per heavy atom. The first-order chi connectivity index (χ1) is 8.53. The quantitative estimate of drug-likeness (QED) is 0.782. The molecule has 0 bridgehead atoms. The Hall–Kier alpha value is -1.68. The van der Waals surface area contributed by atoms with Crippen molar-refractivity contribution in [3.63, 3.8) is 0 Å². The molecule has 0 fully saturated rings. The molecule has 0 spiro atoms. The van der Waals surface area contributed by atoms with E-state index in [0.29, 0.717) is 12.0 Å². The van der Waals surface area contributed by atoms with Crippen molar-refractivity contribution in [2.75, 3.05) is 13.7 Å². The number of hydrogen-bond acceptors (Lipinski definition) is 3. The van der Waals surface area contributed by atoms with Crippen molar-refractivity contribution in [3.8, 4) is 0 Å². The van der Waals surface area contributed by atoms with Gasteiger partial charge in [0.25, 0.3) is 5.91 Å². The van der Waals surface area contributed by atoms with Gasteiger partial charge in [-0.2, -0.15) is 0 Å². The highest BCUT2D eigenvalue weighted by Crippen LogP contribution is 2.13. The van der Waals surface area contributed by atoms with Gasteiger partial charge >= 0.3 is 0 Å². The first kappa shape index (κ1) is 14.4. The van der Waals surface area contributed by atoms with Crippen LogP contribution in [0.2, 0.25) is 0 Å². The molecule has 4 heteroatoms. The zero-order chi connectivity index (χ0) is 13.6. The Kier molecular flexibility index (Phi) is 5.04. The van der Waals surface area contributed by atoms with Crippen molar-refractivity contribution in [1.29, 1.82) is 0 Å². The molecule has 0 aliphatic heterocycles. The second-order valence-corrected chi connectivity index (χ2v) is 4.26. The summed E-state index contributed by atoms with van der Waals surface area (Å²) >= 11 is 0. The van der Waals surface area contributed by atoms with Gasteiger partial charge in [0, 0.05) is 12.7 Å². The van der Waals surface area contributed by atoms with Gasteiger partial charge in [0.05, 0.1) is 6.54 Å². The summed E-state index contributed by atoms with van der Waals surface area (Å²) < 4.78 is 5.16. The summed E-state index contributed by atoms with van der Waals surface area (Å²) in [6, 6.07) is 8.88. The maximum Gasteiger partial charge on any atom is 0.252 e. The molecule has 1 N–H and O–H groups in total. The van der Waals surface area contributed by atoms with E-state index in [0.717, 1.165) is 0 Å². The van der Waals surface area contributed by atoms with E-state index in [9.17, 15) is 9.59 Å². The third-order valence-corrected chi connectivity index (χ3v) is 3.11. The van der Waals surface area contributed by atoms with Gasteiger partial charge in [0.1, 0.15) is 5.60 Å². The van der Waals surface area contributed by atoms with Crippen molar-refractivity contribution in [2.45, 2.75) is 25.9 Å². The fraction of sp³-hybridized carbons (Fsp3) is 0.429. The summed E-state index contributed by atoms with van der Waals surface area (Å²) in [4.78, 5) is 23.7. The van der Waals surface area contributed by atoms with Crippen LogP contribution >= 0.6 is 0 Å². The molecule has 1 atom stereocenters. The van der Waals surface area contributed by atoms with Crippen LogP contribution in [0.3, 0.4) is 0 Å². The summed E-state index contributed by atoms with van der Waals surface area (Å²) in [7, 11) is 1.49. The van der Waals surface area contributed by atoms with Crippen LogP contribution in [0.4, 0.5) is 0 Å². The number of nitrogens with one attached hydrogen (secondary N) is 1. The third-order valence-electron chi connectivity index (χ3n) is 3.11. The van der Waals surface area contributed by atoms with Gasteiger partial charge in [0.2, 0.25) is 0 Å². The number of carbonyl (C=O) groups is 2. The molecule has 18 heavy (non-hydrogen) atoms. The smallest absolute Gasteiger partial charge is 0.252 e. The van der Waals surface area contributed by atoms with E-state index in [1.54, 1.807) is 31.2 Å². The highest BCUT2D eigenvalue weighted by molar-refractivity contribution is 6.00. The molecule has 0 saturated carbocycles. The molecule has 1 rings (SSSR count). The highest BCUT2D eigenvalue weighted by atomic mass is 16.5. The molecule has 98 valence electrons. The van der Waals surface area contributed by atoms with Crippen LogP contribution in [0.1, 0.15) is 30.6 Å². The molecule has 0 aromatic heterocycles. The molecule has 1 unspecified atom stereocenters. The largest absolute Gasteiger partial charge is 0.369 e. The fourth-order valence-corrected chi connectivity index (χ4v) is 1.47. The first-order valence-corrected chi connectivity index (χ1v) is 5.95. The van der Waals surface area contributed by atoms with E-state index in [1.165, 1.54) is 7.11 Å². The van der Waals surface area contributed by atoms with Gasteiger partial charge in [-0.1, -0.05) is 37.3 Å². The van der Waals surface area contributed by atoms with Crippen molar-refractivity contribution >= 4 is 11.7 Å². The summed E-state index contributed by atoms with van der Waals surface area (Å²) in [6.45, 7) is 3.55. The normalized spacial score (nSPS) is 13.7. The summed E-state index contributed by atoms with van der Waals surface area (Å²) in [5, 5.41) is 2.61. The van der Waals surface area contributed by atoms with Crippen LogP contribution in [0.5, 0.6) is 0 Å². The van der Waals surface area contributed by atoms with Gasteiger partial charge in [-0.25, -0.2) is 0 Å². The number of rotatable bonds is 6. The molecule has 1 aromatic carbocycles. The lowest BCUT2D eigenvalue weighted by molar-refractivity contribution is -0.141. The van der Waals surface area contributed by atoms with Crippen LogP contribution in [0.15, 0.2) is 30.3 Å². The Morgan fingerprint density at radius 3 is 2.39 bits per heavy atom. The topological polar surface area (TPSA) is 55.4 Å². The number of amides is 1. The lowest BCUT2D eigenvalue weighted by atomic mass is 10.0. The number of Topliss-reactive ketones (excluding diaryl/α,β-unsaturated/α-hetero) is 1. The maximum atomic E-state index is 11.9. The van der Waals surface area contributed by atoms with Crippen LogP contribution in [0.25, 0.3) is 0 Å². The van der Waals surface area contributed by atoms with Gasteiger partial charge in [-0.3, -0.25) is 9.59 Å². The average Bonchev–Trinajstić information content (AvgIpc) is 2.44. The highest BCUT2D eigenvalue weighted by Gasteiger charge is 2.30. The third kappa shape index (κ3) is 3.40. The molecule has 0 saturated heterocycles. The van der Waals surface area contributed by atoms with Gasteiger partial charge in [0.15, 0.2) is 5.78 Å². The number of benzene rings is 1. The zero-order valence-electron chi connectivity index (χ0n) is 11.0. The Bertz CT molecular complexity index is 410. The van der Waals surface area contributed by atoms with Crippen LogP contribution in [0, 0.1) is 0 Å². The minimum Gasteiger partial charge on any atom is -0.369 e. The predicted molar refractivity (Wildman–Crippen MR) is 69.5 cm³/mol. The molecule has 1 amide bonds. The Labute approximate surface area is 107 Å². The number of carbonyl (C=O) groups excluding carboxylic acids is 2. The second-order valence-electron chi connectivity index (χ2n) is 4.26. The maximum absolute atomic E-state index is 11.9. The van der Waals surface area contributed by atoms with Gasteiger partial charge in [-0.15, -0.1) is 0 Å². The van der Waals surface area contributed by atoms with Crippen molar-refractivity contribution < 1.29 is 14.3 Å². The zero-order valence-corrected chi connectivity index (χ0v) is 11.0. The van der Waals surface area contributed by atoms with E-state index in [1.807, 2.05) is 13.0 Å². The summed E-state index contributed by atoms with van der Waals surface area (Å²) in [6.07, 6.45) is 0.550. The minimum atomic E-state index is -0.878. The average molecular weight is 249 g/mol. The first-order valence-electron chi connectivity index (χ1n) is 5.95. The van der Waals surface area contributed by atoms with E-state index >= 15 is 0 Å². The molecule has 0 radical (unpaired) electrons. The molecular formula is C14H19NO3. The van der Waals surface area contributed by atoms with Crippen molar-refractivity contribution in [2.24, 2.45) is 0 Å². The monoisotopic (exact) mass is 249 g/mol. The minimum absolute atomic E-state index is 0.0121. The van der Waals surface area contributed by atoms with Crippen LogP contribution < -0.4 is 5.32 Å². The predicted octanol–water partition coefficient (Wildman–Crippen LogP) is 1.80. The van der Waals surface area contributed by atoms with E-state index in [4.69, 9.17) is 4.74 Å². The van der Waals surface area contributed by atoms with E-state index in [-0.39, 0.29) is 18.2 Å². The number of ether oxygens (including phenoxy) is 1. The molecule has 0 heterocycles. The standard InChI is InChI=1S/C14H19NO3/c1-4-14(2,18-3)13(17)15-10-12(16)11-8-6-5-7-9-11/h5-9H,4,10H2,1-3H3,(H,15,17). The van der Waals surface area contributed by atoms with Crippen molar-refractivity contribution in [1.82, 2.24) is 5.32 Å². The lowest BCUT2D eigenvalue weighted by Gasteiger charge is -2.24. The van der Waals surface area contributed by atoms with Crippen molar-refractivity contribution in [3.05, 3.63) is 35.9 Å². The molecule has 4 nitrogen and oxygen atoms in total. The molecule has 1 aromatic rings. The van der Waals surface area contributed by atoms with Crippen LogP contribution in [-0.4, -0.2) is 30.9 Å². The Balaban J connectivity index is 2.56. The number of ketones is 1.